The number of methoxy groups -OCH3 is 1. The zero-order valence-corrected chi connectivity index (χ0v) is 10.6. The Balaban J connectivity index is 1.64. The molecule has 8 aliphatic rings. The van der Waals surface area contributed by atoms with Gasteiger partial charge in [0.05, 0.1) is 12.5 Å². The summed E-state index contributed by atoms with van der Waals surface area (Å²) in [5.41, 5.74) is 0.0422. The zero-order valence-electron chi connectivity index (χ0n) is 10.6. The molecule has 0 heterocycles. The van der Waals surface area contributed by atoms with E-state index in [0.717, 1.165) is 65.1 Å². The van der Waals surface area contributed by atoms with Crippen LogP contribution in [0.2, 0.25) is 0 Å². The van der Waals surface area contributed by atoms with Gasteiger partial charge in [0.25, 0.3) is 0 Å². The average molecular weight is 242 g/mol. The van der Waals surface area contributed by atoms with Crippen molar-refractivity contribution in [2.45, 2.75) is 12.8 Å². The van der Waals surface area contributed by atoms with Crippen molar-refractivity contribution in [3.8, 4) is 0 Å². The third-order valence-corrected chi connectivity index (χ3v) is 9.30. The maximum atomic E-state index is 12.7. The fourth-order valence-corrected chi connectivity index (χ4v) is 10.2. The average Bonchev–Trinajstić information content (AvgIpc) is 3.04. The summed E-state index contributed by atoms with van der Waals surface area (Å²) in [4.78, 5) is 12.7. The van der Waals surface area contributed by atoms with Crippen LogP contribution in [0.5, 0.6) is 0 Å². The van der Waals surface area contributed by atoms with Crippen LogP contribution in [0.15, 0.2) is 0 Å². The lowest BCUT2D eigenvalue weighted by atomic mass is 9.67. The van der Waals surface area contributed by atoms with E-state index in [2.05, 4.69) is 0 Å². The van der Waals surface area contributed by atoms with Gasteiger partial charge in [-0.15, -0.1) is 0 Å². The predicted octanol–water partition coefficient (Wildman–Crippen LogP) is 1.80. The van der Waals surface area contributed by atoms with Gasteiger partial charge in [-0.25, -0.2) is 0 Å². The SMILES string of the molecule is COC(=O)[C@@]12[C@H]3[C@H]4C[C@@H]1[C@@H]1[C@H]4[C@H]4[C@@H]5C[C@H]([C@H]43)[C@H]2[C@@H]51. The normalized spacial score (nSPS) is 81.1. The van der Waals surface area contributed by atoms with E-state index in [4.69, 9.17) is 4.74 Å². The molecule has 0 radical (unpaired) electrons. The minimum Gasteiger partial charge on any atom is -0.469 e. The number of carbonyl (C=O) groups is 1. The van der Waals surface area contributed by atoms with Crippen molar-refractivity contribution in [1.82, 2.24) is 0 Å². The van der Waals surface area contributed by atoms with Crippen LogP contribution < -0.4 is 0 Å². The Kier molecular flexibility index (Phi) is 0.953. The number of carbonyl (C=O) groups excluding carboxylic acids is 1. The molecule has 2 heteroatoms. The van der Waals surface area contributed by atoms with Crippen LogP contribution in [0.4, 0.5) is 0 Å². The lowest BCUT2D eigenvalue weighted by molar-refractivity contribution is -0.160. The monoisotopic (exact) mass is 242 g/mol. The minimum atomic E-state index is 0.0422. The second-order valence-electron chi connectivity index (χ2n) is 8.43. The largest absolute Gasteiger partial charge is 0.469 e. The van der Waals surface area contributed by atoms with E-state index in [-0.39, 0.29) is 11.4 Å². The molecule has 2 nitrogen and oxygen atoms in total. The Hall–Kier alpha value is -0.530. The first-order chi connectivity index (χ1) is 8.81. The number of hydrogen-bond donors (Lipinski definition) is 0. The number of ether oxygens (including phenoxy) is 1. The Morgan fingerprint density at radius 1 is 0.944 bits per heavy atom. The first-order valence-electron chi connectivity index (χ1n) is 7.90. The van der Waals surface area contributed by atoms with Gasteiger partial charge in [0.15, 0.2) is 0 Å². The first kappa shape index (κ1) is 8.60. The second-order valence-corrected chi connectivity index (χ2v) is 8.43. The lowest BCUT2D eigenvalue weighted by Gasteiger charge is -2.36. The quantitative estimate of drug-likeness (QED) is 0.655. The van der Waals surface area contributed by atoms with E-state index < -0.39 is 0 Å². The molecule has 8 fully saturated rings. The van der Waals surface area contributed by atoms with E-state index in [1.54, 1.807) is 7.11 Å². The maximum Gasteiger partial charge on any atom is 0.312 e. The van der Waals surface area contributed by atoms with Gasteiger partial charge in [0.1, 0.15) is 0 Å². The van der Waals surface area contributed by atoms with Gasteiger partial charge in [0, 0.05) is 0 Å². The van der Waals surface area contributed by atoms with Crippen molar-refractivity contribution >= 4 is 5.97 Å². The molecule has 0 saturated heterocycles. The summed E-state index contributed by atoms with van der Waals surface area (Å²) in [5.74, 6) is 10.5. The van der Waals surface area contributed by atoms with Crippen molar-refractivity contribution in [3.05, 3.63) is 0 Å². The third-order valence-electron chi connectivity index (χ3n) is 9.30. The van der Waals surface area contributed by atoms with Gasteiger partial charge >= 0.3 is 5.97 Å². The molecule has 0 N–H and O–H groups in total. The highest BCUT2D eigenvalue weighted by Gasteiger charge is 2.95. The van der Waals surface area contributed by atoms with Crippen LogP contribution in [0.3, 0.4) is 0 Å². The highest BCUT2D eigenvalue weighted by molar-refractivity contribution is 5.82. The summed E-state index contributed by atoms with van der Waals surface area (Å²) >= 11 is 0. The van der Waals surface area contributed by atoms with Crippen LogP contribution in [-0.2, 0) is 9.53 Å². The van der Waals surface area contributed by atoms with Crippen molar-refractivity contribution in [2.75, 3.05) is 7.11 Å². The van der Waals surface area contributed by atoms with Crippen LogP contribution in [0, 0.1) is 70.5 Å². The van der Waals surface area contributed by atoms with Gasteiger partial charge in [-0.1, -0.05) is 0 Å². The van der Waals surface area contributed by atoms with Gasteiger partial charge in [-0.2, -0.15) is 0 Å². The second kappa shape index (κ2) is 1.99. The molecule has 0 aromatic heterocycles. The highest BCUT2D eigenvalue weighted by Crippen LogP contribution is 2.96. The molecule has 0 spiro atoms. The van der Waals surface area contributed by atoms with Crippen LogP contribution in [-0.4, -0.2) is 13.1 Å². The molecule has 0 aromatic carbocycles. The number of hydrogen-bond acceptors (Lipinski definition) is 2. The molecular formula is C16H18O2. The molecule has 4 bridgehead atoms. The summed E-state index contributed by atoms with van der Waals surface area (Å²) in [7, 11) is 1.63. The fourth-order valence-electron chi connectivity index (χ4n) is 10.2. The van der Waals surface area contributed by atoms with Crippen molar-refractivity contribution in [1.29, 1.82) is 0 Å². The Morgan fingerprint density at radius 3 is 2.39 bits per heavy atom. The standard InChI is InChI=1S/C16H18O2/c1-18-15(17)16-7-3-6-9-8-4-2-5(11(8)14(6)16)13(16)10(4)12(7)9/h4-14H,2-3H2,1H3/t4-,5+,6-,7+,8+,9+,10-,11+,12+,13-,14-,16-/m0/s1. The number of rotatable bonds is 1. The van der Waals surface area contributed by atoms with Crippen LogP contribution >= 0.6 is 0 Å². The summed E-state index contributed by atoms with van der Waals surface area (Å²) < 4.78 is 5.35. The summed E-state index contributed by atoms with van der Waals surface area (Å²) in [6, 6.07) is 0. The first-order valence-corrected chi connectivity index (χ1v) is 7.90. The van der Waals surface area contributed by atoms with Crippen molar-refractivity contribution in [3.63, 3.8) is 0 Å². The third kappa shape index (κ3) is 0.443. The lowest BCUT2D eigenvalue weighted by Crippen LogP contribution is -2.43. The number of esters is 1. The van der Waals surface area contributed by atoms with E-state index in [9.17, 15) is 4.79 Å². The summed E-state index contributed by atoms with van der Waals surface area (Å²) in [5, 5.41) is 0. The van der Waals surface area contributed by atoms with Gasteiger partial charge < -0.3 is 4.74 Å². The van der Waals surface area contributed by atoms with Gasteiger partial charge in [-0.3, -0.25) is 4.79 Å². The van der Waals surface area contributed by atoms with E-state index in [1.165, 1.54) is 12.8 Å². The minimum absolute atomic E-state index is 0.0422. The topological polar surface area (TPSA) is 26.3 Å². The fraction of sp³-hybridized carbons (Fsp3) is 0.938. The molecule has 0 aromatic rings. The maximum absolute atomic E-state index is 12.7. The summed E-state index contributed by atoms with van der Waals surface area (Å²) in [6.07, 6.45) is 2.89. The molecule has 0 unspecified atom stereocenters. The highest BCUT2D eigenvalue weighted by atomic mass is 16.5. The molecule has 8 saturated carbocycles. The predicted molar refractivity (Wildman–Crippen MR) is 62.1 cm³/mol. The van der Waals surface area contributed by atoms with E-state index >= 15 is 0 Å². The zero-order chi connectivity index (χ0) is 11.5. The smallest absolute Gasteiger partial charge is 0.312 e. The van der Waals surface area contributed by atoms with Gasteiger partial charge in [-0.05, 0) is 77.9 Å². The molecule has 8 aliphatic carbocycles. The van der Waals surface area contributed by atoms with E-state index in [0.29, 0.717) is 0 Å². The molecule has 94 valence electrons. The molecule has 12 atom stereocenters. The molecule has 0 amide bonds. The summed E-state index contributed by atoms with van der Waals surface area (Å²) in [6.45, 7) is 0. The van der Waals surface area contributed by atoms with E-state index in [1.807, 2.05) is 0 Å². The molecule has 0 aliphatic heterocycles. The van der Waals surface area contributed by atoms with Crippen LogP contribution in [0.1, 0.15) is 12.8 Å². The molecule has 8 rings (SSSR count). The van der Waals surface area contributed by atoms with Crippen molar-refractivity contribution in [2.24, 2.45) is 70.5 Å². The van der Waals surface area contributed by atoms with Crippen molar-refractivity contribution < 1.29 is 9.53 Å². The van der Waals surface area contributed by atoms with Gasteiger partial charge in [0.2, 0.25) is 0 Å². The Bertz CT molecular complexity index is 529. The Morgan fingerprint density at radius 2 is 1.61 bits per heavy atom. The molecule has 18 heavy (non-hydrogen) atoms. The molecular weight excluding hydrogens is 224 g/mol. The Labute approximate surface area is 106 Å². The van der Waals surface area contributed by atoms with Crippen LogP contribution in [0.25, 0.3) is 0 Å².